The number of dihydropyridines is 1. The molecule has 5 nitrogen and oxygen atoms in total. The zero-order chi connectivity index (χ0) is 22.5. The highest BCUT2D eigenvalue weighted by Crippen LogP contribution is 2.42. The molecule has 30 heavy (non-hydrogen) atoms. The van der Waals surface area contributed by atoms with E-state index < -0.39 is 43.3 Å². The largest absolute Gasteiger partial charge is 0.462 e. The predicted molar refractivity (Wildman–Crippen MR) is 102 cm³/mol. The molecular weight excluding hydrogens is 428 g/mol. The van der Waals surface area contributed by atoms with Gasteiger partial charge in [0.25, 0.3) is 0 Å². The van der Waals surface area contributed by atoms with Gasteiger partial charge in [-0.3, -0.25) is 0 Å². The summed E-state index contributed by atoms with van der Waals surface area (Å²) in [5.74, 6) is -2.49. The van der Waals surface area contributed by atoms with Gasteiger partial charge in [-0.2, -0.15) is 13.2 Å². The van der Waals surface area contributed by atoms with Gasteiger partial charge >= 0.3 is 12.1 Å². The van der Waals surface area contributed by atoms with Crippen LogP contribution in [0.1, 0.15) is 31.2 Å². The molecule has 162 valence electrons. The number of benzene rings is 1. The molecule has 0 spiro atoms. The fourth-order valence-electron chi connectivity index (χ4n) is 3.09. The summed E-state index contributed by atoms with van der Waals surface area (Å²) in [6.45, 7) is 8.65. The molecule has 0 aliphatic carbocycles. The average Bonchev–Trinajstić information content (AvgIpc) is 2.64. The minimum absolute atomic E-state index is 0.00464. The van der Waals surface area contributed by atoms with E-state index in [2.05, 4.69) is 10.2 Å². The number of esters is 1. The molecule has 1 aliphatic rings. The number of rotatable bonds is 7. The summed E-state index contributed by atoms with van der Waals surface area (Å²) in [6, 6.07) is 3.55. The number of carbonyl (C=O) groups excluding carboxylic acids is 1. The number of nitrogens with zero attached hydrogens (tertiary/aromatic N) is 1. The number of hydrogen-bond donors (Lipinski definition) is 1. The van der Waals surface area contributed by atoms with Crippen molar-refractivity contribution in [1.82, 2.24) is 5.32 Å². The lowest BCUT2D eigenvalue weighted by Crippen LogP contribution is -2.31. The second-order valence-electron chi connectivity index (χ2n) is 6.53. The molecule has 0 amide bonds. The monoisotopic (exact) mass is 446 g/mol. The Balaban J connectivity index is 2.45. The molecule has 0 radical (unpaired) electrons. The molecule has 1 aromatic carbocycles. The van der Waals surface area contributed by atoms with Crippen LogP contribution in [0, 0.1) is 12.4 Å². The molecule has 1 unspecified atom stereocenters. The Kier molecular flexibility index (Phi) is 7.87. The van der Waals surface area contributed by atoms with E-state index in [4.69, 9.17) is 27.6 Å². The van der Waals surface area contributed by atoms with Crippen molar-refractivity contribution in [3.8, 4) is 0 Å². The Bertz CT molecular complexity index is 920. The fourth-order valence-corrected chi connectivity index (χ4v) is 3.36. The summed E-state index contributed by atoms with van der Waals surface area (Å²) in [6.07, 6.45) is -5.86. The van der Waals surface area contributed by atoms with Gasteiger partial charge in [-0.05, 0) is 31.0 Å². The summed E-state index contributed by atoms with van der Waals surface area (Å²) in [5.41, 5.74) is 1.13. The molecule has 0 saturated carbocycles. The maximum absolute atomic E-state index is 13.5. The number of hydrogen-bond acceptors (Lipinski definition) is 4. The summed E-state index contributed by atoms with van der Waals surface area (Å²) in [4.78, 5) is 16.3. The van der Waals surface area contributed by atoms with Crippen LogP contribution in [0.5, 0.6) is 0 Å². The number of methoxy groups -OCH3 is 1. The van der Waals surface area contributed by atoms with Crippen LogP contribution in [-0.2, 0) is 14.3 Å². The second kappa shape index (κ2) is 9.96. The predicted octanol–water partition coefficient (Wildman–Crippen LogP) is 5.10. The van der Waals surface area contributed by atoms with Crippen LogP contribution >= 0.6 is 11.6 Å². The molecule has 2 rings (SSSR count). The third-order valence-corrected chi connectivity index (χ3v) is 4.68. The van der Waals surface area contributed by atoms with Crippen molar-refractivity contribution in [2.45, 2.75) is 31.9 Å². The summed E-state index contributed by atoms with van der Waals surface area (Å²) >= 11 is 6.19. The molecule has 1 heterocycles. The van der Waals surface area contributed by atoms with Gasteiger partial charge in [0.1, 0.15) is 5.82 Å². The lowest BCUT2D eigenvalue weighted by Gasteiger charge is -2.30. The van der Waals surface area contributed by atoms with Crippen molar-refractivity contribution < 1.29 is 31.8 Å². The molecule has 0 saturated heterocycles. The Morgan fingerprint density at radius 1 is 1.37 bits per heavy atom. The summed E-state index contributed by atoms with van der Waals surface area (Å²) < 4.78 is 60.7. The zero-order valence-electron chi connectivity index (χ0n) is 16.2. The summed E-state index contributed by atoms with van der Waals surface area (Å²) in [5, 5.41) is 2.91. The highest BCUT2D eigenvalue weighted by molar-refractivity contribution is 6.31. The van der Waals surface area contributed by atoms with Gasteiger partial charge in [0.2, 0.25) is 0 Å². The number of ether oxygens (including phenoxy) is 2. The third kappa shape index (κ3) is 5.74. The van der Waals surface area contributed by atoms with E-state index in [1.165, 1.54) is 13.2 Å². The van der Waals surface area contributed by atoms with E-state index >= 15 is 0 Å². The molecular formula is C20H19ClF4N2O3. The topological polar surface area (TPSA) is 51.9 Å². The van der Waals surface area contributed by atoms with Crippen molar-refractivity contribution in [2.75, 3.05) is 20.3 Å². The number of halogens is 5. The Labute approximate surface area is 176 Å². The molecule has 1 aliphatic heterocycles. The minimum Gasteiger partial charge on any atom is -0.462 e. The maximum Gasteiger partial charge on any atom is 0.389 e. The van der Waals surface area contributed by atoms with Crippen molar-refractivity contribution >= 4 is 17.6 Å². The van der Waals surface area contributed by atoms with Crippen LogP contribution in [0.4, 0.5) is 17.6 Å². The molecule has 0 fully saturated rings. The van der Waals surface area contributed by atoms with Gasteiger partial charge < -0.3 is 14.8 Å². The maximum atomic E-state index is 13.5. The van der Waals surface area contributed by atoms with Gasteiger partial charge in [-0.25, -0.2) is 14.0 Å². The smallest absolute Gasteiger partial charge is 0.389 e. The molecule has 1 atom stereocenters. The highest BCUT2D eigenvalue weighted by Gasteiger charge is 2.37. The van der Waals surface area contributed by atoms with Crippen LogP contribution in [-0.4, -0.2) is 32.5 Å². The van der Waals surface area contributed by atoms with E-state index in [0.29, 0.717) is 11.3 Å². The third-order valence-electron chi connectivity index (χ3n) is 4.35. The first kappa shape index (κ1) is 23.7. The van der Waals surface area contributed by atoms with E-state index in [0.717, 1.165) is 12.1 Å². The number of nitrogens with one attached hydrogen (secondary N) is 1. The van der Waals surface area contributed by atoms with Gasteiger partial charge in [-0.1, -0.05) is 17.7 Å². The molecule has 0 aromatic heterocycles. The van der Waals surface area contributed by atoms with Crippen molar-refractivity contribution in [2.24, 2.45) is 0 Å². The van der Waals surface area contributed by atoms with Crippen molar-refractivity contribution in [1.29, 1.82) is 0 Å². The number of alkyl halides is 3. The lowest BCUT2D eigenvalue weighted by molar-refractivity contribution is -0.147. The number of allylic oxidation sites excluding steroid dienone is 2. The molecule has 10 heteroatoms. The van der Waals surface area contributed by atoms with Gasteiger partial charge in [0.15, 0.2) is 5.70 Å². The average molecular weight is 447 g/mol. The first-order chi connectivity index (χ1) is 14.1. The fraction of sp³-hybridized carbons (Fsp3) is 0.400. The minimum atomic E-state index is -4.36. The van der Waals surface area contributed by atoms with Crippen LogP contribution in [0.2, 0.25) is 5.02 Å². The Hall–Kier alpha value is -2.57. The van der Waals surface area contributed by atoms with Crippen LogP contribution in [0.25, 0.3) is 4.85 Å². The zero-order valence-corrected chi connectivity index (χ0v) is 17.0. The molecule has 1 aromatic rings. The normalized spacial score (nSPS) is 16.9. The second-order valence-corrected chi connectivity index (χ2v) is 6.93. The van der Waals surface area contributed by atoms with Crippen LogP contribution in [0.3, 0.4) is 0 Å². The summed E-state index contributed by atoms with van der Waals surface area (Å²) in [7, 11) is 1.39. The van der Waals surface area contributed by atoms with E-state index in [9.17, 15) is 22.4 Å². The van der Waals surface area contributed by atoms with Crippen molar-refractivity contribution in [3.63, 3.8) is 0 Å². The molecule has 0 bridgehead atoms. The van der Waals surface area contributed by atoms with Crippen LogP contribution < -0.4 is 5.32 Å². The van der Waals surface area contributed by atoms with Gasteiger partial charge in [0, 0.05) is 24.3 Å². The number of carbonyl (C=O) groups is 1. The molecule has 1 N–H and O–H groups in total. The van der Waals surface area contributed by atoms with Gasteiger partial charge in [0.05, 0.1) is 37.0 Å². The standard InChI is InChI=1S/C20H19ClF4N2O3/c1-11-18(26-2)16(13-6-5-12(22)9-14(13)21)17(15(27-11)10-29-3)19(28)30-8-4-7-20(23,24)25/h5-6,9,16,27H,4,7-8,10H2,1,3H3. The van der Waals surface area contributed by atoms with E-state index in [1.807, 2.05) is 0 Å². The van der Waals surface area contributed by atoms with Crippen LogP contribution in [0.15, 0.2) is 40.9 Å². The van der Waals surface area contributed by atoms with E-state index in [1.54, 1.807) is 6.92 Å². The quantitative estimate of drug-likeness (QED) is 0.274. The highest BCUT2D eigenvalue weighted by atomic mass is 35.5. The van der Waals surface area contributed by atoms with E-state index in [-0.39, 0.29) is 28.6 Å². The van der Waals surface area contributed by atoms with Gasteiger partial charge in [-0.15, -0.1) is 0 Å². The first-order valence-corrected chi connectivity index (χ1v) is 9.23. The SMILES string of the molecule is [C-]#[N+]C1=C(C)NC(COC)=C(C(=O)OCCCC(F)(F)F)C1c1ccc(F)cc1Cl. The Morgan fingerprint density at radius 2 is 2.07 bits per heavy atom. The Morgan fingerprint density at radius 3 is 2.63 bits per heavy atom. The first-order valence-electron chi connectivity index (χ1n) is 8.85. The lowest BCUT2D eigenvalue weighted by atomic mass is 9.84. The van der Waals surface area contributed by atoms with Crippen molar-refractivity contribution in [3.05, 3.63) is 68.7 Å².